The molecule has 27 heavy (non-hydrogen) atoms. The highest BCUT2D eigenvalue weighted by molar-refractivity contribution is 5.79. The van der Waals surface area contributed by atoms with Gasteiger partial charge in [-0.05, 0) is 41.3 Å². The van der Waals surface area contributed by atoms with Crippen LogP contribution in [0.3, 0.4) is 0 Å². The number of hydrogen-bond acceptors (Lipinski definition) is 3. The van der Waals surface area contributed by atoms with Crippen molar-refractivity contribution in [1.29, 1.82) is 0 Å². The number of pyridine rings is 1. The van der Waals surface area contributed by atoms with Gasteiger partial charge in [-0.15, -0.1) is 0 Å². The van der Waals surface area contributed by atoms with Crippen LogP contribution < -0.4 is 5.32 Å². The van der Waals surface area contributed by atoms with E-state index in [0.29, 0.717) is 6.54 Å². The van der Waals surface area contributed by atoms with Crippen molar-refractivity contribution in [2.24, 2.45) is 4.99 Å². The normalized spacial score (nSPS) is 11.4. The molecule has 2 aromatic heterocycles. The van der Waals surface area contributed by atoms with Crippen LogP contribution in [-0.4, -0.2) is 39.7 Å². The Bertz CT molecular complexity index is 868. The third kappa shape index (κ3) is 4.94. The Labute approximate surface area is 160 Å². The Morgan fingerprint density at radius 1 is 1.11 bits per heavy atom. The van der Waals surface area contributed by atoms with E-state index >= 15 is 0 Å². The molecular weight excluding hydrogens is 336 g/mol. The Balaban J connectivity index is 1.60. The molecule has 140 valence electrons. The summed E-state index contributed by atoms with van der Waals surface area (Å²) >= 11 is 0. The molecule has 1 N–H and O–H groups in total. The van der Waals surface area contributed by atoms with Crippen LogP contribution in [0.25, 0.3) is 5.82 Å². The first-order valence-corrected chi connectivity index (χ1v) is 9.14. The predicted molar refractivity (Wildman–Crippen MR) is 109 cm³/mol. The van der Waals surface area contributed by atoms with Gasteiger partial charge in [0.05, 0.1) is 0 Å². The molecule has 3 rings (SSSR count). The van der Waals surface area contributed by atoms with Gasteiger partial charge < -0.3 is 10.2 Å². The van der Waals surface area contributed by atoms with Crippen LogP contribution in [0.15, 0.2) is 66.0 Å². The molecular formula is C21H26N6. The van der Waals surface area contributed by atoms with E-state index in [1.807, 2.05) is 31.4 Å². The molecule has 0 fully saturated rings. The highest BCUT2D eigenvalue weighted by Crippen LogP contribution is 2.09. The average Bonchev–Trinajstić information content (AvgIpc) is 3.24. The first-order chi connectivity index (χ1) is 13.2. The van der Waals surface area contributed by atoms with Gasteiger partial charge in [-0.1, -0.05) is 31.2 Å². The van der Waals surface area contributed by atoms with Gasteiger partial charge in [0.25, 0.3) is 0 Å². The van der Waals surface area contributed by atoms with Crippen molar-refractivity contribution in [2.75, 3.05) is 14.1 Å². The molecule has 0 aliphatic heterocycles. The van der Waals surface area contributed by atoms with Crippen LogP contribution in [0.5, 0.6) is 0 Å². The summed E-state index contributed by atoms with van der Waals surface area (Å²) in [5, 5.41) is 7.65. The van der Waals surface area contributed by atoms with E-state index in [2.05, 4.69) is 56.5 Å². The highest BCUT2D eigenvalue weighted by atomic mass is 15.3. The molecule has 0 saturated carbocycles. The molecule has 0 radical (unpaired) electrons. The summed E-state index contributed by atoms with van der Waals surface area (Å²) in [5.41, 5.74) is 3.74. The number of aromatic nitrogens is 3. The van der Waals surface area contributed by atoms with E-state index in [4.69, 9.17) is 0 Å². The molecule has 1 aromatic carbocycles. The van der Waals surface area contributed by atoms with Crippen LogP contribution >= 0.6 is 0 Å². The Kier molecular flexibility index (Phi) is 6.20. The van der Waals surface area contributed by atoms with Crippen LogP contribution in [0, 0.1) is 0 Å². The van der Waals surface area contributed by atoms with Gasteiger partial charge in [-0.3, -0.25) is 4.99 Å². The minimum absolute atomic E-state index is 0.669. The van der Waals surface area contributed by atoms with Crippen molar-refractivity contribution in [3.8, 4) is 5.82 Å². The van der Waals surface area contributed by atoms with Gasteiger partial charge in [-0.25, -0.2) is 9.67 Å². The minimum atomic E-state index is 0.669. The number of nitrogens with zero attached hydrogens (tertiary/aromatic N) is 5. The SMILES string of the molecule is CCc1ccc(CN(C)C(=NC)NCc2ccnc(-n3cccn3)c2)cc1. The number of nitrogens with one attached hydrogen (secondary N) is 1. The van der Waals surface area contributed by atoms with E-state index in [9.17, 15) is 0 Å². The van der Waals surface area contributed by atoms with Gasteiger partial charge in [0.2, 0.25) is 0 Å². The lowest BCUT2D eigenvalue weighted by Crippen LogP contribution is -2.38. The molecule has 0 spiro atoms. The second kappa shape index (κ2) is 8.98. The lowest BCUT2D eigenvalue weighted by Gasteiger charge is -2.22. The van der Waals surface area contributed by atoms with Crippen molar-refractivity contribution in [2.45, 2.75) is 26.4 Å². The third-order valence-corrected chi connectivity index (χ3v) is 4.42. The number of aryl methyl sites for hydroxylation is 1. The fraction of sp³-hybridized carbons (Fsp3) is 0.286. The summed E-state index contributed by atoms with van der Waals surface area (Å²) in [6.45, 7) is 3.64. The second-order valence-corrected chi connectivity index (χ2v) is 6.40. The number of benzene rings is 1. The lowest BCUT2D eigenvalue weighted by atomic mass is 10.1. The molecule has 0 unspecified atom stereocenters. The molecule has 2 heterocycles. The van der Waals surface area contributed by atoms with E-state index in [1.165, 1.54) is 11.1 Å². The summed E-state index contributed by atoms with van der Waals surface area (Å²) in [7, 11) is 3.85. The fourth-order valence-electron chi connectivity index (χ4n) is 2.90. The number of rotatable bonds is 6. The maximum absolute atomic E-state index is 4.40. The fourth-order valence-corrected chi connectivity index (χ4v) is 2.90. The van der Waals surface area contributed by atoms with Crippen molar-refractivity contribution in [1.82, 2.24) is 25.0 Å². The van der Waals surface area contributed by atoms with Crippen molar-refractivity contribution in [3.63, 3.8) is 0 Å². The van der Waals surface area contributed by atoms with Crippen LogP contribution in [-0.2, 0) is 19.5 Å². The smallest absolute Gasteiger partial charge is 0.193 e. The summed E-state index contributed by atoms with van der Waals surface area (Å²) in [6.07, 6.45) is 6.49. The Morgan fingerprint density at radius 3 is 2.56 bits per heavy atom. The van der Waals surface area contributed by atoms with Crippen LogP contribution in [0.1, 0.15) is 23.6 Å². The molecule has 3 aromatic rings. The zero-order valence-corrected chi connectivity index (χ0v) is 16.1. The van der Waals surface area contributed by atoms with Crippen LogP contribution in [0.2, 0.25) is 0 Å². The Morgan fingerprint density at radius 2 is 1.89 bits per heavy atom. The molecule has 0 aliphatic carbocycles. The third-order valence-electron chi connectivity index (χ3n) is 4.42. The topological polar surface area (TPSA) is 58.3 Å². The van der Waals surface area contributed by atoms with E-state index in [0.717, 1.165) is 30.3 Å². The van der Waals surface area contributed by atoms with E-state index in [1.54, 1.807) is 24.1 Å². The Hall–Kier alpha value is -3.15. The molecule has 0 amide bonds. The monoisotopic (exact) mass is 362 g/mol. The first-order valence-electron chi connectivity index (χ1n) is 9.14. The van der Waals surface area contributed by atoms with Crippen molar-refractivity contribution < 1.29 is 0 Å². The average molecular weight is 362 g/mol. The zero-order chi connectivity index (χ0) is 19.1. The number of guanidine groups is 1. The number of hydrogen-bond donors (Lipinski definition) is 1. The van der Waals surface area contributed by atoms with Crippen molar-refractivity contribution in [3.05, 3.63) is 77.7 Å². The minimum Gasteiger partial charge on any atom is -0.352 e. The zero-order valence-electron chi connectivity index (χ0n) is 16.1. The summed E-state index contributed by atoms with van der Waals surface area (Å²) in [4.78, 5) is 10.9. The second-order valence-electron chi connectivity index (χ2n) is 6.40. The molecule has 6 heteroatoms. The van der Waals surface area contributed by atoms with Gasteiger partial charge in [0.1, 0.15) is 0 Å². The summed E-state index contributed by atoms with van der Waals surface area (Å²) < 4.78 is 1.75. The molecule has 0 aliphatic rings. The van der Waals surface area contributed by atoms with Crippen molar-refractivity contribution >= 4 is 5.96 Å². The van der Waals surface area contributed by atoms with Gasteiger partial charge in [0.15, 0.2) is 11.8 Å². The van der Waals surface area contributed by atoms with Gasteiger partial charge >= 0.3 is 0 Å². The highest BCUT2D eigenvalue weighted by Gasteiger charge is 2.07. The van der Waals surface area contributed by atoms with E-state index < -0.39 is 0 Å². The predicted octanol–water partition coefficient (Wildman–Crippen LogP) is 3.04. The maximum atomic E-state index is 4.40. The van der Waals surface area contributed by atoms with Crippen LogP contribution in [0.4, 0.5) is 0 Å². The van der Waals surface area contributed by atoms with E-state index in [-0.39, 0.29) is 0 Å². The maximum Gasteiger partial charge on any atom is 0.193 e. The quantitative estimate of drug-likeness (QED) is 0.541. The standard InChI is InChI=1S/C21H26N6/c1-4-17-6-8-18(9-7-17)16-26(3)21(22-2)24-15-19-10-12-23-20(14-19)27-13-5-11-25-27/h5-14H,4,15-16H2,1-3H3,(H,22,24). The molecule has 0 saturated heterocycles. The molecule has 0 bridgehead atoms. The van der Waals surface area contributed by atoms with Gasteiger partial charge in [-0.2, -0.15) is 5.10 Å². The van der Waals surface area contributed by atoms with Gasteiger partial charge in [0, 0.05) is 45.8 Å². The largest absolute Gasteiger partial charge is 0.352 e. The first kappa shape index (κ1) is 18.6. The number of aliphatic imine (C=N–C) groups is 1. The molecule has 0 atom stereocenters. The summed E-state index contributed by atoms with van der Waals surface area (Å²) in [6, 6.07) is 14.6. The molecule has 6 nitrogen and oxygen atoms in total. The summed E-state index contributed by atoms with van der Waals surface area (Å²) in [5.74, 6) is 1.66. The lowest BCUT2D eigenvalue weighted by molar-refractivity contribution is 0.476.